The first-order valence-electron chi connectivity index (χ1n) is 14.4. The number of benzene rings is 1. The molecule has 2 amide bonds. The van der Waals surface area contributed by atoms with Crippen LogP contribution in [-0.2, 0) is 21.5 Å². The van der Waals surface area contributed by atoms with Gasteiger partial charge in [-0.1, -0.05) is 49.6 Å². The molecule has 6 rings (SSSR count). The van der Waals surface area contributed by atoms with Crippen molar-refractivity contribution in [1.82, 2.24) is 14.8 Å². The average Bonchev–Trinajstić information content (AvgIpc) is 3.52. The molecule has 2 saturated heterocycles. The fourth-order valence-electron chi connectivity index (χ4n) is 7.94. The Morgan fingerprint density at radius 3 is 2.65 bits per heavy atom. The predicted octanol–water partition coefficient (Wildman–Crippen LogP) is 3.60. The van der Waals surface area contributed by atoms with Crippen LogP contribution in [0.3, 0.4) is 0 Å². The highest BCUT2D eigenvalue weighted by atomic mass is 32.1. The van der Waals surface area contributed by atoms with Gasteiger partial charge >= 0.3 is 0 Å². The summed E-state index contributed by atoms with van der Waals surface area (Å²) in [5.41, 5.74) is 2.12. The Labute approximate surface area is 224 Å². The van der Waals surface area contributed by atoms with Crippen LogP contribution in [0.5, 0.6) is 0 Å². The first-order chi connectivity index (χ1) is 18.0. The van der Waals surface area contributed by atoms with Gasteiger partial charge in [0.2, 0.25) is 11.8 Å². The molecule has 1 saturated carbocycles. The standard InChI is InChI=1S/C30H40N4O2S/c1-20-32-26-17-33(21(2)35)19-30(28(26)37-20)18-31-16-25(30)29(36)34-14-13-24(22-9-5-3-6-10-22)15-27(34)23-11-7-4-8-12-23/h3,5-6,9-10,23-25,27,31H,4,7-8,11-19H2,1-2H3/p+1/t24-,25?,27+,30+/m1/s1. The molecule has 4 atom stereocenters. The van der Waals surface area contributed by atoms with Crippen molar-refractivity contribution in [1.29, 1.82) is 0 Å². The Balaban J connectivity index is 1.32. The molecule has 4 heterocycles. The molecule has 1 unspecified atom stereocenters. The summed E-state index contributed by atoms with van der Waals surface area (Å²) >= 11 is 1.75. The zero-order valence-electron chi connectivity index (χ0n) is 22.3. The normalized spacial score (nSPS) is 30.5. The van der Waals surface area contributed by atoms with Crippen molar-refractivity contribution in [3.63, 3.8) is 0 Å². The number of amides is 2. The largest absolute Gasteiger partial charge is 0.345 e. The Bertz CT molecular complexity index is 1140. The second-order valence-corrected chi connectivity index (χ2v) is 13.2. The van der Waals surface area contributed by atoms with E-state index in [4.69, 9.17) is 4.98 Å². The van der Waals surface area contributed by atoms with Gasteiger partial charge in [-0.3, -0.25) is 9.59 Å². The first kappa shape index (κ1) is 25.1. The lowest BCUT2D eigenvalue weighted by Gasteiger charge is -2.47. The van der Waals surface area contributed by atoms with E-state index in [1.807, 2.05) is 4.90 Å². The number of rotatable bonds is 3. The van der Waals surface area contributed by atoms with Gasteiger partial charge in [0.15, 0.2) is 0 Å². The molecule has 1 aromatic heterocycles. The van der Waals surface area contributed by atoms with Crippen LogP contribution in [0.2, 0.25) is 0 Å². The van der Waals surface area contributed by atoms with Gasteiger partial charge in [-0.25, -0.2) is 4.98 Å². The smallest absolute Gasteiger partial charge is 0.232 e. The van der Waals surface area contributed by atoms with E-state index in [-0.39, 0.29) is 17.2 Å². The number of piperidine rings is 1. The lowest BCUT2D eigenvalue weighted by Crippen LogP contribution is -2.83. The minimum Gasteiger partial charge on any atom is -0.345 e. The number of thiazole rings is 1. The highest BCUT2D eigenvalue weighted by Gasteiger charge is 2.58. The van der Waals surface area contributed by atoms with Gasteiger partial charge in [0.05, 0.1) is 35.8 Å². The number of carbonyl (C=O) groups excluding carboxylic acids is 2. The van der Waals surface area contributed by atoms with E-state index < -0.39 is 0 Å². The first-order valence-corrected chi connectivity index (χ1v) is 15.2. The third-order valence-electron chi connectivity index (χ3n) is 9.78. The quantitative estimate of drug-likeness (QED) is 0.671. The Morgan fingerprint density at radius 2 is 1.89 bits per heavy atom. The predicted molar refractivity (Wildman–Crippen MR) is 145 cm³/mol. The third kappa shape index (κ3) is 4.52. The van der Waals surface area contributed by atoms with E-state index in [2.05, 4.69) is 47.5 Å². The van der Waals surface area contributed by atoms with E-state index >= 15 is 0 Å². The number of carbonyl (C=O) groups is 2. The van der Waals surface area contributed by atoms with Crippen molar-refractivity contribution in [2.24, 2.45) is 11.8 Å². The third-order valence-corrected chi connectivity index (χ3v) is 11.0. The zero-order valence-corrected chi connectivity index (χ0v) is 23.1. The van der Waals surface area contributed by atoms with E-state index in [1.54, 1.807) is 18.3 Å². The highest BCUT2D eigenvalue weighted by molar-refractivity contribution is 7.11. The van der Waals surface area contributed by atoms with E-state index in [0.717, 1.165) is 43.2 Å². The van der Waals surface area contributed by atoms with Crippen molar-refractivity contribution < 1.29 is 14.9 Å². The van der Waals surface area contributed by atoms with Gasteiger partial charge in [0, 0.05) is 30.9 Å². The Kier molecular flexibility index (Phi) is 6.87. The number of hydrogen-bond donors (Lipinski definition) is 1. The fourth-order valence-corrected chi connectivity index (χ4v) is 9.11. The maximum atomic E-state index is 14.6. The summed E-state index contributed by atoms with van der Waals surface area (Å²) < 4.78 is 0. The maximum Gasteiger partial charge on any atom is 0.232 e. The molecule has 37 heavy (non-hydrogen) atoms. The number of likely N-dealkylation sites (tertiary alicyclic amines) is 1. The second-order valence-electron chi connectivity index (χ2n) is 12.0. The minimum atomic E-state index is -0.324. The average molecular weight is 522 g/mol. The lowest BCUT2D eigenvalue weighted by atomic mass is 9.71. The van der Waals surface area contributed by atoms with E-state index in [9.17, 15) is 9.59 Å². The van der Waals surface area contributed by atoms with Crippen LogP contribution in [0, 0.1) is 18.8 Å². The van der Waals surface area contributed by atoms with E-state index in [1.165, 1.54) is 42.5 Å². The molecule has 2 aromatic rings. The molecular formula is C30H41N4O2S+. The van der Waals surface area contributed by atoms with Crippen molar-refractivity contribution >= 4 is 23.2 Å². The van der Waals surface area contributed by atoms with Gasteiger partial charge in [-0.2, -0.15) is 0 Å². The summed E-state index contributed by atoms with van der Waals surface area (Å²) in [7, 11) is 0. The summed E-state index contributed by atoms with van der Waals surface area (Å²) in [4.78, 5) is 37.6. The maximum absolute atomic E-state index is 14.6. The topological polar surface area (TPSA) is 70.1 Å². The molecule has 0 radical (unpaired) electrons. The van der Waals surface area contributed by atoms with Crippen LogP contribution in [0.15, 0.2) is 30.3 Å². The number of aryl methyl sites for hydroxylation is 1. The number of nitrogens with zero attached hydrogens (tertiary/aromatic N) is 3. The Morgan fingerprint density at radius 1 is 1.11 bits per heavy atom. The van der Waals surface area contributed by atoms with Crippen LogP contribution < -0.4 is 5.32 Å². The van der Waals surface area contributed by atoms with Gasteiger partial charge in [0.1, 0.15) is 5.92 Å². The highest BCUT2D eigenvalue weighted by Crippen LogP contribution is 2.46. The van der Waals surface area contributed by atoms with Gasteiger partial charge in [0.25, 0.3) is 0 Å². The molecule has 3 aliphatic heterocycles. The second kappa shape index (κ2) is 10.1. The molecule has 3 fully saturated rings. The van der Waals surface area contributed by atoms with Crippen molar-refractivity contribution in [2.75, 3.05) is 26.2 Å². The molecule has 6 nitrogen and oxygen atoms in total. The number of quaternary nitrogens is 1. The van der Waals surface area contributed by atoms with Crippen LogP contribution in [-0.4, -0.2) is 58.8 Å². The number of nitrogens with two attached hydrogens (primary N) is 1. The fraction of sp³-hybridized carbons (Fsp3) is 0.633. The monoisotopic (exact) mass is 521 g/mol. The molecule has 1 aromatic carbocycles. The molecule has 1 aliphatic carbocycles. The molecule has 198 valence electrons. The van der Waals surface area contributed by atoms with E-state index in [0.29, 0.717) is 36.9 Å². The van der Waals surface area contributed by atoms with Crippen molar-refractivity contribution in [3.05, 3.63) is 51.5 Å². The summed E-state index contributed by atoms with van der Waals surface area (Å²) in [5, 5.41) is 3.36. The molecule has 4 aliphatic rings. The zero-order chi connectivity index (χ0) is 25.6. The van der Waals surface area contributed by atoms with Crippen LogP contribution in [0.1, 0.15) is 78.9 Å². The van der Waals surface area contributed by atoms with Gasteiger partial charge < -0.3 is 15.1 Å². The molecule has 7 heteroatoms. The SMILES string of the molecule is CC(=O)N1Cc2nc(C)sc2[C@@]2(C[NH2+]CC2C(=O)N2CC[C@@H](c3ccccc3)C[C@H]2C2CCCCC2)C1. The number of fused-ring (bicyclic) bond motifs is 2. The lowest BCUT2D eigenvalue weighted by molar-refractivity contribution is -0.640. The van der Waals surface area contributed by atoms with Crippen LogP contribution >= 0.6 is 11.3 Å². The van der Waals surface area contributed by atoms with Crippen molar-refractivity contribution in [3.8, 4) is 0 Å². The summed E-state index contributed by atoms with van der Waals surface area (Å²) in [6.45, 7) is 7.42. The molecule has 2 N–H and O–H groups in total. The Hall–Kier alpha value is -2.25. The summed E-state index contributed by atoms with van der Waals surface area (Å²) in [5.74, 6) is 1.44. The number of aromatic nitrogens is 1. The van der Waals surface area contributed by atoms with Crippen molar-refractivity contribution in [2.45, 2.75) is 82.7 Å². The van der Waals surface area contributed by atoms with Crippen LogP contribution in [0.25, 0.3) is 0 Å². The van der Waals surface area contributed by atoms with Gasteiger partial charge in [-0.15, -0.1) is 11.3 Å². The molecule has 1 spiro atoms. The number of hydrogen-bond acceptors (Lipinski definition) is 4. The molecular weight excluding hydrogens is 480 g/mol. The van der Waals surface area contributed by atoms with Gasteiger partial charge in [-0.05, 0) is 50.0 Å². The molecule has 0 bridgehead atoms. The van der Waals surface area contributed by atoms with Crippen LogP contribution in [0.4, 0.5) is 0 Å². The summed E-state index contributed by atoms with van der Waals surface area (Å²) in [6.07, 6.45) is 8.51. The minimum absolute atomic E-state index is 0.0811. The summed E-state index contributed by atoms with van der Waals surface area (Å²) in [6, 6.07) is 11.3.